The van der Waals surface area contributed by atoms with Crippen LogP contribution in [-0.4, -0.2) is 15.1 Å². The van der Waals surface area contributed by atoms with Crippen molar-refractivity contribution in [3.63, 3.8) is 0 Å². The smallest absolute Gasteiger partial charge is 0.248 e. The Kier molecular flexibility index (Phi) is 2.96. The molecule has 1 atom stereocenters. The first-order valence-electron chi connectivity index (χ1n) is 5.17. The first-order chi connectivity index (χ1) is 7.68. The van der Waals surface area contributed by atoms with Gasteiger partial charge >= 0.3 is 0 Å². The van der Waals surface area contributed by atoms with Crippen molar-refractivity contribution in [3.8, 4) is 0 Å². The fourth-order valence-corrected chi connectivity index (χ4v) is 1.31. The van der Waals surface area contributed by atoms with Gasteiger partial charge in [-0.05, 0) is 11.6 Å². The third-order valence-electron chi connectivity index (χ3n) is 2.28. The monoisotopic (exact) mass is 218 g/mol. The largest absolute Gasteiger partial charge is 0.337 e. The van der Waals surface area contributed by atoms with Crippen molar-refractivity contribution in [2.24, 2.45) is 5.73 Å². The summed E-state index contributed by atoms with van der Waals surface area (Å²) in [5.74, 6) is 1.34. The molecule has 5 heteroatoms. The average molecular weight is 218 g/mol. The molecule has 2 N–H and O–H groups in total. The van der Waals surface area contributed by atoms with E-state index in [0.717, 1.165) is 5.56 Å². The van der Waals surface area contributed by atoms with E-state index >= 15 is 0 Å². The van der Waals surface area contributed by atoms with Crippen LogP contribution in [-0.2, 0) is 0 Å². The Morgan fingerprint density at radius 1 is 1.38 bits per heavy atom. The van der Waals surface area contributed by atoms with Gasteiger partial charge in [0, 0.05) is 18.3 Å². The van der Waals surface area contributed by atoms with Gasteiger partial charge in [0.15, 0.2) is 5.82 Å². The number of nitrogens with two attached hydrogens (primary N) is 1. The number of rotatable bonds is 3. The van der Waals surface area contributed by atoms with Crippen molar-refractivity contribution >= 4 is 0 Å². The van der Waals surface area contributed by atoms with Crippen molar-refractivity contribution in [1.82, 2.24) is 15.1 Å². The van der Waals surface area contributed by atoms with E-state index < -0.39 is 6.04 Å². The van der Waals surface area contributed by atoms with Crippen molar-refractivity contribution in [3.05, 3.63) is 41.8 Å². The minimum Gasteiger partial charge on any atom is -0.337 e. The second-order valence-corrected chi connectivity index (χ2v) is 3.91. The second-order valence-electron chi connectivity index (χ2n) is 3.91. The zero-order valence-corrected chi connectivity index (χ0v) is 9.29. The fraction of sp³-hybridized carbons (Fsp3) is 0.364. The number of pyridine rings is 1. The van der Waals surface area contributed by atoms with E-state index in [9.17, 15) is 0 Å². The van der Waals surface area contributed by atoms with Crippen LogP contribution in [0.2, 0.25) is 0 Å². The molecule has 0 aliphatic rings. The van der Waals surface area contributed by atoms with E-state index in [1.165, 1.54) is 0 Å². The van der Waals surface area contributed by atoms with Gasteiger partial charge in [0.05, 0.1) is 0 Å². The molecule has 0 saturated heterocycles. The van der Waals surface area contributed by atoms with E-state index in [4.69, 9.17) is 10.3 Å². The topological polar surface area (TPSA) is 77.8 Å². The summed E-state index contributed by atoms with van der Waals surface area (Å²) in [7, 11) is 0. The predicted molar refractivity (Wildman–Crippen MR) is 58.7 cm³/mol. The summed E-state index contributed by atoms with van der Waals surface area (Å²) in [5, 5.41) is 3.88. The normalized spacial score (nSPS) is 13.0. The van der Waals surface area contributed by atoms with E-state index in [1.54, 1.807) is 12.4 Å². The molecule has 0 spiro atoms. The molecular weight excluding hydrogens is 204 g/mol. The van der Waals surface area contributed by atoms with Gasteiger partial charge in [0.1, 0.15) is 6.04 Å². The molecule has 2 rings (SSSR count). The average Bonchev–Trinajstić information content (AvgIpc) is 2.78. The summed E-state index contributed by atoms with van der Waals surface area (Å²) in [5.41, 5.74) is 6.86. The Hall–Kier alpha value is -1.75. The SMILES string of the molecule is CC(C)c1noc(C(N)c2cccnc2)n1. The lowest BCUT2D eigenvalue weighted by Gasteiger charge is -2.05. The highest BCUT2D eigenvalue weighted by atomic mass is 16.5. The molecule has 0 amide bonds. The Labute approximate surface area is 93.7 Å². The molecule has 0 aliphatic heterocycles. The van der Waals surface area contributed by atoms with Gasteiger partial charge < -0.3 is 10.3 Å². The Morgan fingerprint density at radius 2 is 2.19 bits per heavy atom. The van der Waals surface area contributed by atoms with Crippen LogP contribution in [0.5, 0.6) is 0 Å². The molecule has 2 aromatic rings. The van der Waals surface area contributed by atoms with Gasteiger partial charge in [-0.15, -0.1) is 0 Å². The van der Waals surface area contributed by atoms with Crippen LogP contribution < -0.4 is 5.73 Å². The van der Waals surface area contributed by atoms with Gasteiger partial charge in [-0.25, -0.2) is 0 Å². The summed E-state index contributed by atoms with van der Waals surface area (Å²) in [6, 6.07) is 3.31. The summed E-state index contributed by atoms with van der Waals surface area (Å²) in [6.07, 6.45) is 3.40. The molecular formula is C11H14N4O. The molecule has 0 aliphatic carbocycles. The maximum absolute atomic E-state index is 5.99. The molecule has 1 unspecified atom stereocenters. The molecule has 5 nitrogen and oxygen atoms in total. The van der Waals surface area contributed by atoms with Crippen LogP contribution in [0.4, 0.5) is 0 Å². The quantitative estimate of drug-likeness (QED) is 0.847. The number of hydrogen-bond acceptors (Lipinski definition) is 5. The lowest BCUT2D eigenvalue weighted by atomic mass is 10.1. The van der Waals surface area contributed by atoms with Crippen LogP contribution in [0.15, 0.2) is 29.0 Å². The number of nitrogens with zero attached hydrogens (tertiary/aromatic N) is 3. The molecule has 84 valence electrons. The van der Waals surface area contributed by atoms with Gasteiger partial charge in [-0.3, -0.25) is 4.98 Å². The number of aromatic nitrogens is 3. The Morgan fingerprint density at radius 3 is 2.75 bits per heavy atom. The van der Waals surface area contributed by atoms with Gasteiger partial charge in [-0.1, -0.05) is 25.1 Å². The highest BCUT2D eigenvalue weighted by Crippen LogP contribution is 2.18. The van der Waals surface area contributed by atoms with Crippen LogP contribution >= 0.6 is 0 Å². The predicted octanol–water partition coefficient (Wildman–Crippen LogP) is 1.64. The van der Waals surface area contributed by atoms with Crippen molar-refractivity contribution < 1.29 is 4.52 Å². The zero-order chi connectivity index (χ0) is 11.5. The summed E-state index contributed by atoms with van der Waals surface area (Å²) in [6.45, 7) is 4.01. The lowest BCUT2D eigenvalue weighted by molar-refractivity contribution is 0.361. The molecule has 0 fully saturated rings. The Bertz CT molecular complexity index is 452. The first-order valence-corrected chi connectivity index (χ1v) is 5.17. The highest BCUT2D eigenvalue weighted by molar-refractivity contribution is 5.19. The summed E-state index contributed by atoms with van der Waals surface area (Å²) >= 11 is 0. The minimum absolute atomic E-state index is 0.235. The third-order valence-corrected chi connectivity index (χ3v) is 2.28. The maximum atomic E-state index is 5.99. The van der Waals surface area contributed by atoms with E-state index in [0.29, 0.717) is 11.7 Å². The van der Waals surface area contributed by atoms with E-state index in [1.807, 2.05) is 26.0 Å². The van der Waals surface area contributed by atoms with Gasteiger partial charge in [0.25, 0.3) is 0 Å². The Balaban J connectivity index is 2.24. The summed E-state index contributed by atoms with van der Waals surface area (Å²) in [4.78, 5) is 8.26. The van der Waals surface area contributed by atoms with Crippen molar-refractivity contribution in [2.45, 2.75) is 25.8 Å². The minimum atomic E-state index is -0.409. The zero-order valence-electron chi connectivity index (χ0n) is 9.29. The van der Waals surface area contributed by atoms with Crippen LogP contribution in [0.3, 0.4) is 0 Å². The fourth-order valence-electron chi connectivity index (χ4n) is 1.31. The van der Waals surface area contributed by atoms with Gasteiger partial charge in [-0.2, -0.15) is 4.98 Å². The maximum Gasteiger partial charge on any atom is 0.248 e. The lowest BCUT2D eigenvalue weighted by Crippen LogP contribution is -2.12. The molecule has 0 aromatic carbocycles. The molecule has 0 saturated carbocycles. The van der Waals surface area contributed by atoms with Crippen molar-refractivity contribution in [1.29, 1.82) is 0 Å². The molecule has 0 radical (unpaired) electrons. The molecule has 2 heterocycles. The second kappa shape index (κ2) is 4.40. The summed E-state index contributed by atoms with van der Waals surface area (Å²) < 4.78 is 5.13. The van der Waals surface area contributed by atoms with Crippen LogP contribution in [0.1, 0.15) is 43.1 Å². The number of hydrogen-bond donors (Lipinski definition) is 1. The van der Waals surface area contributed by atoms with Crippen LogP contribution in [0.25, 0.3) is 0 Å². The van der Waals surface area contributed by atoms with Gasteiger partial charge in [0.2, 0.25) is 5.89 Å². The molecule has 16 heavy (non-hydrogen) atoms. The first kappa shape index (κ1) is 10.8. The van der Waals surface area contributed by atoms with E-state index in [-0.39, 0.29) is 5.92 Å². The van der Waals surface area contributed by atoms with Crippen LogP contribution in [0, 0.1) is 0 Å². The highest BCUT2D eigenvalue weighted by Gasteiger charge is 2.17. The molecule has 2 aromatic heterocycles. The van der Waals surface area contributed by atoms with Crippen molar-refractivity contribution in [2.75, 3.05) is 0 Å². The third kappa shape index (κ3) is 2.09. The standard InChI is InChI=1S/C11H14N4O/c1-7(2)10-14-11(16-15-10)9(12)8-4-3-5-13-6-8/h3-7,9H,12H2,1-2H3. The molecule has 0 bridgehead atoms. The van der Waals surface area contributed by atoms with E-state index in [2.05, 4.69) is 15.1 Å².